The molecule has 1 aliphatic heterocycles. The van der Waals surface area contributed by atoms with E-state index in [4.69, 9.17) is 4.74 Å². The van der Waals surface area contributed by atoms with Gasteiger partial charge in [-0.15, -0.1) is 11.3 Å². The molecule has 23 heavy (non-hydrogen) atoms. The molecule has 2 aromatic rings. The first-order valence-electron chi connectivity index (χ1n) is 7.71. The third kappa shape index (κ3) is 3.85. The topological polar surface area (TPSA) is 68.2 Å². The normalized spacial score (nSPS) is 18.0. The van der Waals surface area contributed by atoms with E-state index < -0.39 is 0 Å². The summed E-state index contributed by atoms with van der Waals surface area (Å²) in [5, 5.41) is 2.62. The molecule has 0 saturated carbocycles. The Morgan fingerprint density at radius 1 is 1.30 bits per heavy atom. The van der Waals surface area contributed by atoms with Gasteiger partial charge in [0.15, 0.2) is 5.69 Å². The minimum Gasteiger partial charge on any atom is -0.456 e. The lowest BCUT2D eigenvalue weighted by molar-refractivity contribution is 0.0263. The Bertz CT molecular complexity index is 696. The Morgan fingerprint density at radius 3 is 2.83 bits per heavy atom. The molecule has 0 spiro atoms. The van der Waals surface area contributed by atoms with Crippen molar-refractivity contribution in [3.8, 4) is 0 Å². The molecule has 3 rings (SSSR count). The van der Waals surface area contributed by atoms with Crippen LogP contribution in [0, 0.1) is 20.8 Å². The predicted octanol–water partition coefficient (Wildman–Crippen LogP) is 2.68. The second kappa shape index (κ2) is 6.62. The number of piperidine rings is 1. The van der Waals surface area contributed by atoms with E-state index in [9.17, 15) is 4.79 Å². The van der Waals surface area contributed by atoms with Gasteiger partial charge in [-0.25, -0.2) is 19.7 Å². The van der Waals surface area contributed by atoms with Crippen molar-refractivity contribution in [2.24, 2.45) is 0 Å². The number of rotatable bonds is 3. The van der Waals surface area contributed by atoms with Crippen LogP contribution in [0.1, 0.15) is 39.9 Å². The second-order valence-electron chi connectivity index (χ2n) is 5.78. The third-order valence-corrected chi connectivity index (χ3v) is 4.53. The zero-order valence-corrected chi connectivity index (χ0v) is 14.4. The highest BCUT2D eigenvalue weighted by Crippen LogP contribution is 2.21. The summed E-state index contributed by atoms with van der Waals surface area (Å²) in [4.78, 5) is 27.3. The monoisotopic (exact) mass is 332 g/mol. The van der Waals surface area contributed by atoms with Gasteiger partial charge >= 0.3 is 5.97 Å². The van der Waals surface area contributed by atoms with Crippen LogP contribution in [0.2, 0.25) is 0 Å². The lowest BCUT2D eigenvalue weighted by atomic mass is 10.1. The van der Waals surface area contributed by atoms with Crippen LogP contribution in [0.5, 0.6) is 0 Å². The van der Waals surface area contributed by atoms with Crippen molar-refractivity contribution in [2.45, 2.75) is 39.7 Å². The number of carbonyl (C=O) groups is 1. The van der Waals surface area contributed by atoms with Crippen molar-refractivity contribution < 1.29 is 9.53 Å². The molecule has 1 aliphatic rings. The highest BCUT2D eigenvalue weighted by molar-refractivity contribution is 7.09. The van der Waals surface area contributed by atoms with Gasteiger partial charge in [0.2, 0.25) is 0 Å². The van der Waals surface area contributed by atoms with Crippen LogP contribution in [0.3, 0.4) is 0 Å². The first-order chi connectivity index (χ1) is 11.0. The summed E-state index contributed by atoms with van der Waals surface area (Å²) < 4.78 is 5.62. The van der Waals surface area contributed by atoms with Crippen molar-refractivity contribution in [1.29, 1.82) is 0 Å². The highest BCUT2D eigenvalue weighted by atomic mass is 32.1. The number of aryl methyl sites for hydroxylation is 3. The number of anilines is 1. The Labute approximate surface area is 139 Å². The van der Waals surface area contributed by atoms with Crippen molar-refractivity contribution in [3.63, 3.8) is 0 Å². The van der Waals surface area contributed by atoms with E-state index in [-0.39, 0.29) is 12.1 Å². The number of hydrogen-bond acceptors (Lipinski definition) is 7. The summed E-state index contributed by atoms with van der Waals surface area (Å²) in [6.45, 7) is 7.31. The Balaban J connectivity index is 1.67. The van der Waals surface area contributed by atoms with Gasteiger partial charge in [-0.05, 0) is 33.6 Å². The van der Waals surface area contributed by atoms with Crippen LogP contribution in [0.25, 0.3) is 0 Å². The van der Waals surface area contributed by atoms with Gasteiger partial charge in [0, 0.05) is 23.7 Å². The van der Waals surface area contributed by atoms with E-state index in [0.717, 1.165) is 41.7 Å². The lowest BCUT2D eigenvalue weighted by Crippen LogP contribution is -2.41. The van der Waals surface area contributed by atoms with Crippen molar-refractivity contribution in [3.05, 3.63) is 33.7 Å². The van der Waals surface area contributed by atoms with Gasteiger partial charge in [0.1, 0.15) is 17.7 Å². The minimum atomic E-state index is -0.337. The smallest absolute Gasteiger partial charge is 0.358 e. The Morgan fingerprint density at radius 2 is 2.13 bits per heavy atom. The summed E-state index contributed by atoms with van der Waals surface area (Å²) in [5.41, 5.74) is 1.35. The van der Waals surface area contributed by atoms with Crippen molar-refractivity contribution in [2.75, 3.05) is 18.0 Å². The molecule has 0 amide bonds. The Kier molecular flexibility index (Phi) is 4.56. The zero-order chi connectivity index (χ0) is 16.4. The molecule has 7 heteroatoms. The molecule has 6 nitrogen and oxygen atoms in total. The molecule has 1 fully saturated rings. The van der Waals surface area contributed by atoms with Crippen LogP contribution in [0.4, 0.5) is 5.82 Å². The Hall–Kier alpha value is -2.02. The summed E-state index contributed by atoms with van der Waals surface area (Å²) >= 11 is 1.46. The number of esters is 1. The van der Waals surface area contributed by atoms with Crippen LogP contribution < -0.4 is 4.90 Å². The van der Waals surface area contributed by atoms with Gasteiger partial charge in [-0.1, -0.05) is 0 Å². The van der Waals surface area contributed by atoms with Crippen LogP contribution >= 0.6 is 11.3 Å². The molecule has 0 aromatic carbocycles. The molecule has 0 radical (unpaired) electrons. The maximum absolute atomic E-state index is 12.2. The molecule has 0 bridgehead atoms. The van der Waals surface area contributed by atoms with Crippen LogP contribution in [0.15, 0.2) is 11.4 Å². The number of hydrogen-bond donors (Lipinski definition) is 0. The number of ether oxygens (including phenoxy) is 1. The van der Waals surface area contributed by atoms with E-state index in [2.05, 4.69) is 19.9 Å². The van der Waals surface area contributed by atoms with Gasteiger partial charge < -0.3 is 9.64 Å². The van der Waals surface area contributed by atoms with E-state index in [1.807, 2.05) is 26.8 Å². The fourth-order valence-corrected chi connectivity index (χ4v) is 3.35. The van der Waals surface area contributed by atoms with Gasteiger partial charge in [0.05, 0.1) is 11.6 Å². The number of nitrogens with zero attached hydrogens (tertiary/aromatic N) is 4. The maximum atomic E-state index is 12.2. The van der Waals surface area contributed by atoms with Crippen LogP contribution in [-0.2, 0) is 4.74 Å². The largest absolute Gasteiger partial charge is 0.456 e. The second-order valence-corrected chi connectivity index (χ2v) is 6.84. The molecule has 1 saturated heterocycles. The first kappa shape index (κ1) is 15.9. The summed E-state index contributed by atoms with van der Waals surface area (Å²) in [6, 6.07) is 1.97. The van der Waals surface area contributed by atoms with Crippen molar-refractivity contribution in [1.82, 2.24) is 15.0 Å². The summed E-state index contributed by atoms with van der Waals surface area (Å²) in [6.07, 6.45) is 1.71. The molecule has 0 aliphatic carbocycles. The number of carbonyl (C=O) groups excluding carboxylic acids is 1. The fourth-order valence-electron chi connectivity index (χ4n) is 2.77. The summed E-state index contributed by atoms with van der Waals surface area (Å²) in [5.74, 6) is 1.33. The van der Waals surface area contributed by atoms with E-state index in [1.54, 1.807) is 5.38 Å². The standard InChI is InChI=1S/C16H20N4O2S/c1-10-7-15(18-11(2)17-10)20-6-4-5-13(8-20)22-16(21)14-9-23-12(3)19-14/h7,9,13H,4-6,8H2,1-3H3/t13-/m0/s1. The fraction of sp³-hybridized carbons (Fsp3) is 0.500. The molecule has 3 heterocycles. The van der Waals surface area contributed by atoms with E-state index >= 15 is 0 Å². The number of thiazole rings is 1. The average molecular weight is 332 g/mol. The first-order valence-corrected chi connectivity index (χ1v) is 8.59. The zero-order valence-electron chi connectivity index (χ0n) is 13.6. The van der Waals surface area contributed by atoms with Crippen LogP contribution in [-0.4, -0.2) is 40.1 Å². The molecule has 1 atom stereocenters. The van der Waals surface area contributed by atoms with E-state index in [0.29, 0.717) is 12.2 Å². The molecule has 2 aromatic heterocycles. The SMILES string of the molecule is Cc1cc(N2CCC[C@H](OC(=O)c3csc(C)n3)C2)nc(C)n1. The highest BCUT2D eigenvalue weighted by Gasteiger charge is 2.25. The molecule has 0 unspecified atom stereocenters. The molecular weight excluding hydrogens is 312 g/mol. The maximum Gasteiger partial charge on any atom is 0.358 e. The van der Waals surface area contributed by atoms with Gasteiger partial charge in [0.25, 0.3) is 0 Å². The lowest BCUT2D eigenvalue weighted by Gasteiger charge is -2.33. The third-order valence-electron chi connectivity index (χ3n) is 3.76. The quantitative estimate of drug-likeness (QED) is 0.805. The predicted molar refractivity (Wildman–Crippen MR) is 89.0 cm³/mol. The van der Waals surface area contributed by atoms with Gasteiger partial charge in [-0.3, -0.25) is 0 Å². The van der Waals surface area contributed by atoms with E-state index in [1.165, 1.54) is 11.3 Å². The number of aromatic nitrogens is 3. The van der Waals surface area contributed by atoms with Crippen molar-refractivity contribution >= 4 is 23.1 Å². The van der Waals surface area contributed by atoms with Gasteiger partial charge in [-0.2, -0.15) is 0 Å². The minimum absolute atomic E-state index is 0.131. The average Bonchev–Trinajstić information content (AvgIpc) is 2.93. The molecule has 0 N–H and O–H groups in total. The molecule has 122 valence electrons. The molecular formula is C16H20N4O2S. The summed E-state index contributed by atoms with van der Waals surface area (Å²) in [7, 11) is 0.